The Kier molecular flexibility index (Phi) is 7.04. The van der Waals surface area contributed by atoms with Crippen molar-refractivity contribution in [2.24, 2.45) is 5.73 Å². The molecule has 3 aromatic rings. The summed E-state index contributed by atoms with van der Waals surface area (Å²) in [5.41, 5.74) is 9.65. The summed E-state index contributed by atoms with van der Waals surface area (Å²) >= 11 is 1.48. The number of carbonyl (C=O) groups is 2. The van der Waals surface area contributed by atoms with Gasteiger partial charge in [-0.05, 0) is 42.8 Å². The summed E-state index contributed by atoms with van der Waals surface area (Å²) in [6, 6.07) is 13.5. The van der Waals surface area contributed by atoms with Gasteiger partial charge in [-0.15, -0.1) is 11.8 Å². The molecule has 0 aliphatic carbocycles. The molecule has 1 aromatic heterocycles. The number of carbonyl (C=O) groups excluding carboxylic acids is 2. The Balaban J connectivity index is 2.11. The van der Waals surface area contributed by atoms with Crippen molar-refractivity contribution in [3.63, 3.8) is 0 Å². The fourth-order valence-corrected chi connectivity index (χ4v) is 5.67. The van der Waals surface area contributed by atoms with Crippen molar-refractivity contribution in [1.82, 2.24) is 9.78 Å². The van der Waals surface area contributed by atoms with E-state index in [1.54, 1.807) is 18.9 Å². The summed E-state index contributed by atoms with van der Waals surface area (Å²) in [6.07, 6.45) is 0. The number of primary amides is 1. The first-order valence-corrected chi connectivity index (χ1v) is 12.7. The molecule has 1 unspecified atom stereocenters. The molecule has 1 atom stereocenters. The van der Waals surface area contributed by atoms with Crippen molar-refractivity contribution in [3.05, 3.63) is 64.8 Å². The lowest BCUT2D eigenvalue weighted by molar-refractivity contribution is -0.121. The number of fused-ring (bicyclic) bond motifs is 1. The standard InChI is InChI=1S/C27H32N4O4S/c1-16-8-7-9-17(12-16)31-26-23(25(29-31)27(2,3)4)24(36-15-22(33)30(26)14-21(28)32)19-13-18(34-5)10-11-20(19)35-6/h7-13,24H,14-15H2,1-6H3,(H2,28,32). The van der Waals surface area contributed by atoms with Crippen molar-refractivity contribution < 1.29 is 19.1 Å². The number of methoxy groups -OCH3 is 2. The quantitative estimate of drug-likeness (QED) is 0.537. The van der Waals surface area contributed by atoms with Gasteiger partial charge in [-0.2, -0.15) is 5.10 Å². The summed E-state index contributed by atoms with van der Waals surface area (Å²) < 4.78 is 13.0. The molecule has 0 bridgehead atoms. The van der Waals surface area contributed by atoms with Crippen LogP contribution in [0.5, 0.6) is 11.5 Å². The maximum Gasteiger partial charge on any atom is 0.238 e. The molecule has 2 heterocycles. The molecule has 2 amide bonds. The highest BCUT2D eigenvalue weighted by Crippen LogP contribution is 2.50. The first-order valence-electron chi connectivity index (χ1n) is 11.7. The number of benzene rings is 2. The van der Waals surface area contributed by atoms with Crippen LogP contribution in [0.2, 0.25) is 0 Å². The third-order valence-electron chi connectivity index (χ3n) is 6.08. The number of aryl methyl sites for hydroxylation is 1. The van der Waals surface area contributed by atoms with Crippen molar-refractivity contribution in [2.45, 2.75) is 38.4 Å². The van der Waals surface area contributed by atoms with Crippen LogP contribution in [0.3, 0.4) is 0 Å². The predicted octanol–water partition coefficient (Wildman–Crippen LogP) is 4.15. The normalized spacial score (nSPS) is 15.9. The molecule has 9 heteroatoms. The van der Waals surface area contributed by atoms with Crippen LogP contribution in [0.15, 0.2) is 42.5 Å². The number of rotatable bonds is 6. The van der Waals surface area contributed by atoms with E-state index in [-0.39, 0.29) is 28.9 Å². The minimum absolute atomic E-state index is 0.157. The van der Waals surface area contributed by atoms with Crippen molar-refractivity contribution in [2.75, 3.05) is 31.4 Å². The molecular weight excluding hydrogens is 476 g/mol. The molecule has 0 saturated carbocycles. The molecule has 0 radical (unpaired) electrons. The van der Waals surface area contributed by atoms with Gasteiger partial charge in [-0.25, -0.2) is 4.68 Å². The SMILES string of the molecule is COc1ccc(OC)c(C2SCC(=O)N(CC(N)=O)c3c2c(C(C)(C)C)nn3-c2cccc(C)c2)c1. The first kappa shape index (κ1) is 25.6. The summed E-state index contributed by atoms with van der Waals surface area (Å²) in [7, 11) is 3.24. The summed E-state index contributed by atoms with van der Waals surface area (Å²) in [5, 5.41) is 4.76. The summed E-state index contributed by atoms with van der Waals surface area (Å²) in [6.45, 7) is 8.03. The Labute approximate surface area is 215 Å². The third-order valence-corrected chi connectivity index (χ3v) is 7.32. The van der Waals surface area contributed by atoms with E-state index in [0.717, 1.165) is 28.1 Å². The molecule has 1 aliphatic heterocycles. The van der Waals surface area contributed by atoms with Crippen LogP contribution in [0.1, 0.15) is 48.4 Å². The number of nitrogens with two attached hydrogens (primary N) is 1. The minimum Gasteiger partial charge on any atom is -0.497 e. The summed E-state index contributed by atoms with van der Waals surface area (Å²) in [5.74, 6) is 1.27. The number of ether oxygens (including phenoxy) is 2. The van der Waals surface area contributed by atoms with Crippen LogP contribution in [0.4, 0.5) is 5.82 Å². The Bertz CT molecular complexity index is 1310. The number of amides is 2. The molecule has 190 valence electrons. The Hall–Kier alpha value is -3.46. The lowest BCUT2D eigenvalue weighted by Gasteiger charge is -2.25. The second kappa shape index (κ2) is 9.89. The van der Waals surface area contributed by atoms with Gasteiger partial charge in [0.2, 0.25) is 11.8 Å². The highest BCUT2D eigenvalue weighted by atomic mass is 32.2. The van der Waals surface area contributed by atoms with Crippen molar-refractivity contribution >= 4 is 29.4 Å². The minimum atomic E-state index is -0.592. The van der Waals surface area contributed by atoms with E-state index in [1.165, 1.54) is 16.7 Å². The van der Waals surface area contributed by atoms with Gasteiger partial charge in [0.15, 0.2) is 0 Å². The Morgan fingerprint density at radius 3 is 2.53 bits per heavy atom. The van der Waals surface area contributed by atoms with Gasteiger partial charge in [-0.1, -0.05) is 32.9 Å². The van der Waals surface area contributed by atoms with Gasteiger partial charge in [0.05, 0.1) is 36.6 Å². The van der Waals surface area contributed by atoms with Gasteiger partial charge in [0.25, 0.3) is 0 Å². The predicted molar refractivity (Wildman–Crippen MR) is 142 cm³/mol. The van der Waals surface area contributed by atoms with E-state index in [9.17, 15) is 9.59 Å². The molecule has 2 aromatic carbocycles. The average molecular weight is 509 g/mol. The van der Waals surface area contributed by atoms with Gasteiger partial charge in [0, 0.05) is 16.5 Å². The van der Waals surface area contributed by atoms with Crippen LogP contribution < -0.4 is 20.1 Å². The van der Waals surface area contributed by atoms with E-state index < -0.39 is 5.91 Å². The molecule has 4 rings (SSSR count). The highest BCUT2D eigenvalue weighted by molar-refractivity contribution is 8.00. The van der Waals surface area contributed by atoms with Gasteiger partial charge in [-0.3, -0.25) is 14.5 Å². The molecule has 0 fully saturated rings. The second-order valence-electron chi connectivity index (χ2n) is 9.83. The first-order chi connectivity index (χ1) is 17.0. The zero-order valence-corrected chi connectivity index (χ0v) is 22.3. The summed E-state index contributed by atoms with van der Waals surface area (Å²) in [4.78, 5) is 27.1. The maximum atomic E-state index is 13.5. The highest BCUT2D eigenvalue weighted by Gasteiger charge is 2.40. The number of aromatic nitrogens is 2. The Morgan fingerprint density at radius 1 is 1.17 bits per heavy atom. The van der Waals surface area contributed by atoms with Crippen LogP contribution in [0, 0.1) is 6.92 Å². The average Bonchev–Trinajstić information content (AvgIpc) is 3.17. The fourth-order valence-electron chi connectivity index (χ4n) is 4.46. The van der Waals surface area contributed by atoms with Crippen LogP contribution in [-0.4, -0.2) is 48.1 Å². The van der Waals surface area contributed by atoms with Crippen LogP contribution >= 0.6 is 11.8 Å². The lowest BCUT2D eigenvalue weighted by Crippen LogP contribution is -2.40. The molecule has 2 N–H and O–H groups in total. The molecule has 36 heavy (non-hydrogen) atoms. The number of hydrogen-bond acceptors (Lipinski definition) is 6. The maximum absolute atomic E-state index is 13.5. The van der Waals surface area contributed by atoms with Gasteiger partial charge < -0.3 is 15.2 Å². The van der Waals surface area contributed by atoms with Crippen LogP contribution in [0.25, 0.3) is 5.69 Å². The molecule has 1 aliphatic rings. The van der Waals surface area contributed by atoms with Gasteiger partial charge in [0.1, 0.15) is 23.9 Å². The van der Waals surface area contributed by atoms with Crippen molar-refractivity contribution in [3.8, 4) is 17.2 Å². The second-order valence-corrected chi connectivity index (χ2v) is 10.9. The smallest absolute Gasteiger partial charge is 0.238 e. The number of thioether (sulfide) groups is 1. The van der Waals surface area contributed by atoms with E-state index in [2.05, 4.69) is 20.8 Å². The largest absolute Gasteiger partial charge is 0.497 e. The number of hydrogen-bond donors (Lipinski definition) is 1. The van der Waals surface area contributed by atoms with E-state index in [0.29, 0.717) is 17.3 Å². The van der Waals surface area contributed by atoms with Crippen molar-refractivity contribution in [1.29, 1.82) is 0 Å². The fraction of sp³-hybridized carbons (Fsp3) is 0.370. The lowest BCUT2D eigenvalue weighted by atomic mass is 9.87. The van der Waals surface area contributed by atoms with E-state index in [1.807, 2.05) is 49.4 Å². The zero-order valence-electron chi connectivity index (χ0n) is 21.5. The third kappa shape index (κ3) is 4.80. The van der Waals surface area contributed by atoms with Gasteiger partial charge >= 0.3 is 0 Å². The Morgan fingerprint density at radius 2 is 1.92 bits per heavy atom. The van der Waals surface area contributed by atoms with E-state index in [4.69, 9.17) is 20.3 Å². The monoisotopic (exact) mass is 508 g/mol. The molecule has 0 spiro atoms. The molecular formula is C27H32N4O4S. The molecule has 0 saturated heterocycles. The van der Waals surface area contributed by atoms with Crippen LogP contribution in [-0.2, 0) is 15.0 Å². The van der Waals surface area contributed by atoms with E-state index >= 15 is 0 Å². The topological polar surface area (TPSA) is 99.7 Å². The molecule has 8 nitrogen and oxygen atoms in total. The number of nitrogens with zero attached hydrogens (tertiary/aromatic N) is 3. The zero-order chi connectivity index (χ0) is 26.2. The number of anilines is 1.